The Kier molecular flexibility index (Phi) is 4.31. The lowest BCUT2D eigenvalue weighted by atomic mass is 10.1. The van der Waals surface area contributed by atoms with Crippen molar-refractivity contribution in [2.45, 2.75) is 39.4 Å². The molecule has 0 saturated carbocycles. The van der Waals surface area contributed by atoms with E-state index in [1.54, 1.807) is 0 Å². The molecule has 0 saturated heterocycles. The molecule has 3 N–H and O–H groups in total. The lowest BCUT2D eigenvalue weighted by Gasteiger charge is -2.16. The number of anilines is 2. The lowest BCUT2D eigenvalue weighted by molar-refractivity contribution is -0.144. The lowest BCUT2D eigenvalue weighted by Crippen LogP contribution is -2.22. The second-order valence-electron chi connectivity index (χ2n) is 4.51. The maximum atomic E-state index is 12.5. The Hall–Kier alpha value is -1.60. The number of hydrogen-bond donors (Lipinski definition) is 2. The summed E-state index contributed by atoms with van der Waals surface area (Å²) in [6.07, 6.45) is -3.85. The van der Waals surface area contributed by atoms with E-state index >= 15 is 0 Å². The van der Waals surface area contributed by atoms with E-state index in [9.17, 15) is 13.2 Å². The van der Waals surface area contributed by atoms with Gasteiger partial charge in [0.05, 0.1) is 0 Å². The quantitative estimate of drug-likeness (QED) is 0.871. The Morgan fingerprint density at radius 3 is 2.28 bits per heavy atom. The molecule has 18 heavy (non-hydrogen) atoms. The average molecular weight is 263 g/mol. The van der Waals surface area contributed by atoms with Crippen LogP contribution in [0.4, 0.5) is 25.1 Å². The summed E-state index contributed by atoms with van der Waals surface area (Å²) < 4.78 is 37.4. The standard InChI is InChI=1S/C10H16F3N5/c1-5(2)4-6(3)15-9-17-7(10(11,12)13)16-8(14)18-9/h5-6H,4H2,1-3H3,(H3,14,15,16,17,18). The summed E-state index contributed by atoms with van der Waals surface area (Å²) in [6.45, 7) is 5.87. The summed E-state index contributed by atoms with van der Waals surface area (Å²) in [5.41, 5.74) is 5.23. The van der Waals surface area contributed by atoms with E-state index in [1.807, 2.05) is 20.8 Å². The minimum atomic E-state index is -4.63. The molecular weight excluding hydrogens is 247 g/mol. The van der Waals surface area contributed by atoms with Crippen LogP contribution in [0.1, 0.15) is 33.0 Å². The first kappa shape index (κ1) is 14.5. The second-order valence-corrected chi connectivity index (χ2v) is 4.51. The molecule has 1 atom stereocenters. The van der Waals surface area contributed by atoms with Crippen LogP contribution < -0.4 is 11.1 Å². The van der Waals surface area contributed by atoms with Crippen LogP contribution in [-0.4, -0.2) is 21.0 Å². The molecule has 1 aromatic heterocycles. The zero-order valence-electron chi connectivity index (χ0n) is 10.4. The molecule has 0 fully saturated rings. The van der Waals surface area contributed by atoms with Gasteiger partial charge in [-0.25, -0.2) is 0 Å². The van der Waals surface area contributed by atoms with Crippen LogP contribution in [0, 0.1) is 5.92 Å². The molecule has 0 spiro atoms. The number of hydrogen-bond acceptors (Lipinski definition) is 5. The van der Waals surface area contributed by atoms with Gasteiger partial charge in [0.2, 0.25) is 17.7 Å². The largest absolute Gasteiger partial charge is 0.451 e. The van der Waals surface area contributed by atoms with E-state index in [0.29, 0.717) is 5.92 Å². The van der Waals surface area contributed by atoms with Gasteiger partial charge in [0, 0.05) is 6.04 Å². The van der Waals surface area contributed by atoms with E-state index in [4.69, 9.17) is 5.73 Å². The number of alkyl halides is 3. The van der Waals surface area contributed by atoms with Crippen LogP contribution in [0.5, 0.6) is 0 Å². The van der Waals surface area contributed by atoms with E-state index in [1.165, 1.54) is 0 Å². The van der Waals surface area contributed by atoms with E-state index < -0.39 is 17.9 Å². The first-order chi connectivity index (χ1) is 8.18. The number of nitrogens with two attached hydrogens (primary N) is 1. The van der Waals surface area contributed by atoms with Gasteiger partial charge < -0.3 is 11.1 Å². The number of nitrogens with one attached hydrogen (secondary N) is 1. The summed E-state index contributed by atoms with van der Waals surface area (Å²) in [4.78, 5) is 10.0. The maximum absolute atomic E-state index is 12.5. The number of nitrogen functional groups attached to an aromatic ring is 1. The zero-order chi connectivity index (χ0) is 13.9. The smallest absolute Gasteiger partial charge is 0.368 e. The van der Waals surface area contributed by atoms with Crippen LogP contribution >= 0.6 is 0 Å². The minimum absolute atomic E-state index is 0.0483. The van der Waals surface area contributed by atoms with Gasteiger partial charge in [-0.2, -0.15) is 28.1 Å². The fraction of sp³-hybridized carbons (Fsp3) is 0.700. The Labute approximate surface area is 103 Å². The van der Waals surface area contributed by atoms with Crippen LogP contribution in [0.25, 0.3) is 0 Å². The van der Waals surface area contributed by atoms with Crippen LogP contribution in [-0.2, 0) is 6.18 Å². The fourth-order valence-corrected chi connectivity index (χ4v) is 1.57. The van der Waals surface area contributed by atoms with Gasteiger partial charge in [-0.1, -0.05) is 13.8 Å². The maximum Gasteiger partial charge on any atom is 0.451 e. The highest BCUT2D eigenvalue weighted by molar-refractivity contribution is 5.32. The van der Waals surface area contributed by atoms with Gasteiger partial charge in [-0.05, 0) is 19.3 Å². The molecule has 1 rings (SSSR count). The van der Waals surface area contributed by atoms with Crippen molar-refractivity contribution in [1.82, 2.24) is 15.0 Å². The molecule has 102 valence electrons. The number of aromatic nitrogens is 3. The van der Waals surface area contributed by atoms with E-state index in [2.05, 4.69) is 20.3 Å². The molecule has 0 aromatic carbocycles. The molecule has 8 heteroatoms. The summed E-state index contributed by atoms with van der Waals surface area (Å²) in [6, 6.07) is -0.0483. The third-order valence-electron chi connectivity index (χ3n) is 2.11. The zero-order valence-corrected chi connectivity index (χ0v) is 10.4. The van der Waals surface area contributed by atoms with Crippen LogP contribution in [0.3, 0.4) is 0 Å². The molecule has 0 bridgehead atoms. The molecular formula is C10H16F3N5. The Morgan fingerprint density at radius 1 is 1.17 bits per heavy atom. The molecule has 0 aliphatic heterocycles. The Bertz CT molecular complexity index is 405. The van der Waals surface area contributed by atoms with Gasteiger partial charge in [0.15, 0.2) is 0 Å². The number of rotatable bonds is 4. The minimum Gasteiger partial charge on any atom is -0.368 e. The monoisotopic (exact) mass is 263 g/mol. The highest BCUT2D eigenvalue weighted by atomic mass is 19.4. The van der Waals surface area contributed by atoms with Gasteiger partial charge >= 0.3 is 6.18 Å². The Morgan fingerprint density at radius 2 is 1.78 bits per heavy atom. The van der Waals surface area contributed by atoms with Gasteiger partial charge in [-0.15, -0.1) is 0 Å². The second kappa shape index (κ2) is 5.36. The van der Waals surface area contributed by atoms with E-state index in [0.717, 1.165) is 6.42 Å². The SMILES string of the molecule is CC(C)CC(C)Nc1nc(N)nc(C(F)(F)F)n1. The van der Waals surface area contributed by atoms with Crippen molar-refractivity contribution in [3.05, 3.63) is 5.82 Å². The third kappa shape index (κ3) is 4.34. The Balaban J connectivity index is 2.87. The van der Waals surface area contributed by atoms with Crippen molar-refractivity contribution >= 4 is 11.9 Å². The molecule has 1 aromatic rings. The average Bonchev–Trinajstić information content (AvgIpc) is 2.13. The molecule has 1 unspecified atom stereocenters. The van der Waals surface area contributed by atoms with Crippen molar-refractivity contribution in [1.29, 1.82) is 0 Å². The normalized spacial score (nSPS) is 13.7. The molecule has 0 amide bonds. The van der Waals surface area contributed by atoms with Gasteiger partial charge in [0.1, 0.15) is 0 Å². The van der Waals surface area contributed by atoms with Crippen molar-refractivity contribution in [2.75, 3.05) is 11.1 Å². The number of halogens is 3. The summed E-state index contributed by atoms with van der Waals surface area (Å²) in [5, 5.41) is 2.78. The highest BCUT2D eigenvalue weighted by Crippen LogP contribution is 2.27. The molecule has 5 nitrogen and oxygen atoms in total. The first-order valence-electron chi connectivity index (χ1n) is 5.53. The fourth-order valence-electron chi connectivity index (χ4n) is 1.57. The predicted molar refractivity (Wildman–Crippen MR) is 61.8 cm³/mol. The van der Waals surface area contributed by atoms with Crippen LogP contribution in [0.15, 0.2) is 0 Å². The van der Waals surface area contributed by atoms with Crippen molar-refractivity contribution < 1.29 is 13.2 Å². The van der Waals surface area contributed by atoms with Crippen molar-refractivity contribution in [3.8, 4) is 0 Å². The molecule has 0 aliphatic carbocycles. The van der Waals surface area contributed by atoms with Gasteiger partial charge in [0.25, 0.3) is 0 Å². The number of nitrogens with zero attached hydrogens (tertiary/aromatic N) is 3. The van der Waals surface area contributed by atoms with Crippen LogP contribution in [0.2, 0.25) is 0 Å². The molecule has 0 aliphatic rings. The highest BCUT2D eigenvalue weighted by Gasteiger charge is 2.35. The van der Waals surface area contributed by atoms with Gasteiger partial charge in [-0.3, -0.25) is 0 Å². The van der Waals surface area contributed by atoms with Crippen molar-refractivity contribution in [3.63, 3.8) is 0 Å². The third-order valence-corrected chi connectivity index (χ3v) is 2.11. The molecule has 0 radical (unpaired) electrons. The predicted octanol–water partition coefficient (Wildman–Crippen LogP) is 2.32. The first-order valence-corrected chi connectivity index (χ1v) is 5.53. The summed E-state index contributed by atoms with van der Waals surface area (Å²) >= 11 is 0. The topological polar surface area (TPSA) is 76.7 Å². The van der Waals surface area contributed by atoms with Crippen molar-refractivity contribution in [2.24, 2.45) is 5.92 Å². The van der Waals surface area contributed by atoms with E-state index in [-0.39, 0.29) is 12.0 Å². The molecule has 1 heterocycles. The summed E-state index contributed by atoms with van der Waals surface area (Å²) in [5.74, 6) is -1.47. The summed E-state index contributed by atoms with van der Waals surface area (Å²) in [7, 11) is 0.